The lowest BCUT2D eigenvalue weighted by Crippen LogP contribution is -2.12. The molecule has 0 saturated carbocycles. The second-order valence-corrected chi connectivity index (χ2v) is 11.3. The zero-order valence-electron chi connectivity index (χ0n) is 23.4. The van der Waals surface area contributed by atoms with Crippen molar-refractivity contribution in [1.82, 2.24) is 0 Å². The van der Waals surface area contributed by atoms with Gasteiger partial charge >= 0.3 is 0 Å². The number of fused-ring (bicyclic) bond motifs is 3. The Balaban J connectivity index is 1.53. The summed E-state index contributed by atoms with van der Waals surface area (Å²) in [4.78, 5) is 0. The van der Waals surface area contributed by atoms with Gasteiger partial charge in [-0.05, 0) is 98.9 Å². The summed E-state index contributed by atoms with van der Waals surface area (Å²) < 4.78 is 0. The van der Waals surface area contributed by atoms with Crippen molar-refractivity contribution in [2.45, 2.75) is 32.1 Å². The molecule has 1 aliphatic carbocycles. The SMILES string of the molecule is c1ccc(Cc2c(Cc3ccccc3)c(Cc3ccccc3)c3c(c2Cc2ccccc2)Cc2ccccc2-3)cc1. The van der Waals surface area contributed by atoms with Gasteiger partial charge in [0, 0.05) is 0 Å². The molecule has 0 bridgehead atoms. The maximum atomic E-state index is 2.35. The van der Waals surface area contributed by atoms with E-state index in [2.05, 4.69) is 146 Å². The van der Waals surface area contributed by atoms with Gasteiger partial charge in [0.15, 0.2) is 0 Å². The lowest BCUT2D eigenvalue weighted by atomic mass is 9.78. The van der Waals surface area contributed by atoms with Crippen LogP contribution in [0, 0.1) is 0 Å². The van der Waals surface area contributed by atoms with E-state index in [1.807, 2.05) is 0 Å². The molecule has 0 saturated heterocycles. The van der Waals surface area contributed by atoms with Crippen LogP contribution < -0.4 is 0 Å². The van der Waals surface area contributed by atoms with E-state index in [1.54, 1.807) is 0 Å². The van der Waals surface area contributed by atoms with E-state index in [0.717, 1.165) is 32.1 Å². The van der Waals surface area contributed by atoms with Crippen LogP contribution in [0.4, 0.5) is 0 Å². The molecule has 0 aliphatic heterocycles. The molecule has 6 aromatic rings. The largest absolute Gasteiger partial charge is 0.0622 e. The third kappa shape index (κ3) is 5.26. The van der Waals surface area contributed by atoms with Crippen molar-refractivity contribution in [3.05, 3.63) is 201 Å². The standard InChI is InChI=1S/C41H34/c1-5-15-30(16-6-1)25-36-37(26-31-17-7-2-8-18-31)39(28-33-21-11-4-12-22-33)41-35-24-14-13-23-34(35)29-40(41)38(36)27-32-19-9-3-10-20-32/h1-24H,25-29H2. The van der Waals surface area contributed by atoms with Gasteiger partial charge in [0.05, 0.1) is 0 Å². The molecule has 0 nitrogen and oxygen atoms in total. The van der Waals surface area contributed by atoms with Crippen LogP contribution in [0.2, 0.25) is 0 Å². The van der Waals surface area contributed by atoms with E-state index in [1.165, 1.54) is 66.8 Å². The molecule has 6 aromatic carbocycles. The lowest BCUT2D eigenvalue weighted by molar-refractivity contribution is 0.979. The average Bonchev–Trinajstić information content (AvgIpc) is 3.42. The second kappa shape index (κ2) is 11.4. The number of benzene rings is 6. The highest BCUT2D eigenvalue weighted by atomic mass is 14.3. The van der Waals surface area contributed by atoms with Crippen LogP contribution in [-0.2, 0) is 32.1 Å². The smallest absolute Gasteiger partial charge is 0.00104 e. The van der Waals surface area contributed by atoms with Gasteiger partial charge in [0.25, 0.3) is 0 Å². The van der Waals surface area contributed by atoms with E-state index in [9.17, 15) is 0 Å². The summed E-state index contributed by atoms with van der Waals surface area (Å²) in [7, 11) is 0. The van der Waals surface area contributed by atoms with E-state index in [0.29, 0.717) is 0 Å². The van der Waals surface area contributed by atoms with Crippen molar-refractivity contribution in [2.24, 2.45) is 0 Å². The average molecular weight is 527 g/mol. The van der Waals surface area contributed by atoms with Crippen LogP contribution in [-0.4, -0.2) is 0 Å². The predicted octanol–water partition coefficient (Wildman–Crippen LogP) is 9.62. The molecule has 1 aliphatic rings. The van der Waals surface area contributed by atoms with Gasteiger partial charge in [-0.1, -0.05) is 146 Å². The Bertz CT molecular complexity index is 1770. The van der Waals surface area contributed by atoms with E-state index < -0.39 is 0 Å². The third-order valence-electron chi connectivity index (χ3n) is 8.61. The zero-order chi connectivity index (χ0) is 27.4. The fourth-order valence-electron chi connectivity index (χ4n) is 6.69. The first-order chi connectivity index (χ1) is 20.3. The Kier molecular flexibility index (Phi) is 7.06. The first kappa shape index (κ1) is 25.3. The summed E-state index contributed by atoms with van der Waals surface area (Å²) in [5.41, 5.74) is 17.4. The Morgan fingerprint density at radius 2 is 0.707 bits per heavy atom. The van der Waals surface area contributed by atoms with Gasteiger partial charge in [-0.15, -0.1) is 0 Å². The van der Waals surface area contributed by atoms with Crippen LogP contribution in [0.3, 0.4) is 0 Å². The molecular formula is C41H34. The molecule has 41 heavy (non-hydrogen) atoms. The summed E-state index contributed by atoms with van der Waals surface area (Å²) >= 11 is 0. The molecule has 198 valence electrons. The number of hydrogen-bond donors (Lipinski definition) is 0. The molecule has 0 radical (unpaired) electrons. The van der Waals surface area contributed by atoms with Crippen LogP contribution >= 0.6 is 0 Å². The summed E-state index contributed by atoms with van der Waals surface area (Å²) in [5.74, 6) is 0. The minimum absolute atomic E-state index is 0.933. The van der Waals surface area contributed by atoms with Crippen molar-refractivity contribution in [3.8, 4) is 11.1 Å². The van der Waals surface area contributed by atoms with Gasteiger partial charge in [-0.3, -0.25) is 0 Å². The molecular weight excluding hydrogens is 492 g/mol. The molecule has 0 heterocycles. The molecule has 0 fully saturated rings. The fourth-order valence-corrected chi connectivity index (χ4v) is 6.69. The van der Waals surface area contributed by atoms with Crippen molar-refractivity contribution in [2.75, 3.05) is 0 Å². The van der Waals surface area contributed by atoms with Gasteiger partial charge in [0.2, 0.25) is 0 Å². The van der Waals surface area contributed by atoms with Crippen molar-refractivity contribution >= 4 is 0 Å². The first-order valence-electron chi connectivity index (χ1n) is 14.8. The summed E-state index contributed by atoms with van der Waals surface area (Å²) in [5, 5.41) is 0. The molecule has 0 N–H and O–H groups in total. The Morgan fingerprint density at radius 1 is 0.341 bits per heavy atom. The maximum absolute atomic E-state index is 2.35. The monoisotopic (exact) mass is 526 g/mol. The first-order valence-corrected chi connectivity index (χ1v) is 14.8. The predicted molar refractivity (Wildman–Crippen MR) is 172 cm³/mol. The van der Waals surface area contributed by atoms with Gasteiger partial charge in [0.1, 0.15) is 0 Å². The third-order valence-corrected chi connectivity index (χ3v) is 8.61. The van der Waals surface area contributed by atoms with Crippen molar-refractivity contribution in [3.63, 3.8) is 0 Å². The molecule has 0 heteroatoms. The van der Waals surface area contributed by atoms with Crippen LogP contribution in [0.1, 0.15) is 55.6 Å². The van der Waals surface area contributed by atoms with Gasteiger partial charge in [-0.2, -0.15) is 0 Å². The summed E-state index contributed by atoms with van der Waals surface area (Å²) in [6.45, 7) is 0. The highest BCUT2D eigenvalue weighted by Crippen LogP contribution is 2.46. The molecule has 0 spiro atoms. The number of hydrogen-bond acceptors (Lipinski definition) is 0. The Hall–Kier alpha value is -4.68. The zero-order valence-corrected chi connectivity index (χ0v) is 23.4. The second-order valence-electron chi connectivity index (χ2n) is 11.3. The van der Waals surface area contributed by atoms with Crippen LogP contribution in [0.5, 0.6) is 0 Å². The summed E-state index contributed by atoms with van der Waals surface area (Å²) in [6.07, 6.45) is 4.77. The molecule has 0 unspecified atom stereocenters. The van der Waals surface area contributed by atoms with Crippen molar-refractivity contribution < 1.29 is 0 Å². The molecule has 0 aromatic heterocycles. The molecule has 0 amide bonds. The normalized spacial score (nSPS) is 11.7. The molecule has 7 rings (SSSR count). The Morgan fingerprint density at radius 3 is 1.20 bits per heavy atom. The van der Waals surface area contributed by atoms with Crippen LogP contribution in [0.25, 0.3) is 11.1 Å². The Labute approximate surface area is 244 Å². The highest BCUT2D eigenvalue weighted by molar-refractivity contribution is 5.83. The van der Waals surface area contributed by atoms with E-state index in [-0.39, 0.29) is 0 Å². The van der Waals surface area contributed by atoms with Crippen LogP contribution in [0.15, 0.2) is 146 Å². The van der Waals surface area contributed by atoms with E-state index in [4.69, 9.17) is 0 Å². The van der Waals surface area contributed by atoms with Crippen molar-refractivity contribution in [1.29, 1.82) is 0 Å². The maximum Gasteiger partial charge on any atom is -0.00104 e. The quantitative estimate of drug-likeness (QED) is 0.185. The number of rotatable bonds is 8. The molecule has 0 atom stereocenters. The highest BCUT2D eigenvalue weighted by Gasteiger charge is 2.30. The topological polar surface area (TPSA) is 0 Å². The van der Waals surface area contributed by atoms with Gasteiger partial charge in [-0.25, -0.2) is 0 Å². The fraction of sp³-hybridized carbons (Fsp3) is 0.122. The summed E-state index contributed by atoms with van der Waals surface area (Å²) in [6, 6.07) is 53.3. The minimum atomic E-state index is 0.933. The minimum Gasteiger partial charge on any atom is -0.0622 e. The van der Waals surface area contributed by atoms with E-state index >= 15 is 0 Å². The lowest BCUT2D eigenvalue weighted by Gasteiger charge is -2.25. The van der Waals surface area contributed by atoms with Gasteiger partial charge < -0.3 is 0 Å².